The molecular formula is C24H27N3O4S2. The lowest BCUT2D eigenvalue weighted by Gasteiger charge is -2.34. The first-order valence-corrected chi connectivity index (χ1v) is 13.1. The van der Waals surface area contributed by atoms with E-state index in [1.54, 1.807) is 47.7 Å². The van der Waals surface area contributed by atoms with Crippen LogP contribution in [-0.2, 0) is 14.8 Å². The number of hydrogen-bond donors (Lipinski definition) is 1. The van der Waals surface area contributed by atoms with Gasteiger partial charge >= 0.3 is 0 Å². The molecule has 1 aromatic heterocycles. The molecule has 1 atom stereocenters. The lowest BCUT2D eigenvalue weighted by Crippen LogP contribution is -2.43. The molecule has 1 saturated heterocycles. The van der Waals surface area contributed by atoms with Crippen LogP contribution in [0, 0.1) is 0 Å². The molecule has 1 aliphatic heterocycles. The number of nitrogens with zero attached hydrogens (tertiary/aromatic N) is 2. The van der Waals surface area contributed by atoms with Crippen LogP contribution in [0.1, 0.15) is 21.3 Å². The summed E-state index contributed by atoms with van der Waals surface area (Å²) in [5.41, 5.74) is 0.862. The second kappa shape index (κ2) is 10.5. The third kappa shape index (κ3) is 5.44. The Hall–Kier alpha value is -2.72. The number of thiophene rings is 1. The van der Waals surface area contributed by atoms with Crippen LogP contribution in [-0.4, -0.2) is 59.1 Å². The molecule has 7 nitrogen and oxygen atoms in total. The Kier molecular flexibility index (Phi) is 7.44. The van der Waals surface area contributed by atoms with Gasteiger partial charge in [0, 0.05) is 37.1 Å². The first-order valence-electron chi connectivity index (χ1n) is 10.7. The molecule has 9 heteroatoms. The Morgan fingerprint density at radius 1 is 1.09 bits per heavy atom. The van der Waals surface area contributed by atoms with Crippen molar-refractivity contribution in [1.82, 2.24) is 10.2 Å². The molecule has 0 bridgehead atoms. The zero-order chi connectivity index (χ0) is 23.3. The zero-order valence-corrected chi connectivity index (χ0v) is 20.0. The summed E-state index contributed by atoms with van der Waals surface area (Å²) in [6.07, 6.45) is 0. The monoisotopic (exact) mass is 485 g/mol. The van der Waals surface area contributed by atoms with E-state index in [1.165, 1.54) is 28.4 Å². The van der Waals surface area contributed by atoms with E-state index in [1.807, 2.05) is 17.5 Å². The maximum Gasteiger partial charge on any atom is 0.264 e. The number of carbonyl (C=O) groups excluding carboxylic acids is 1. The quantitative estimate of drug-likeness (QED) is 0.529. The second-order valence-electron chi connectivity index (χ2n) is 7.73. The first kappa shape index (κ1) is 23.4. The topological polar surface area (TPSA) is 79.0 Å². The third-order valence-electron chi connectivity index (χ3n) is 5.69. The van der Waals surface area contributed by atoms with Gasteiger partial charge in [-0.15, -0.1) is 11.3 Å². The number of benzene rings is 2. The van der Waals surface area contributed by atoms with Crippen LogP contribution in [0.5, 0.6) is 0 Å². The van der Waals surface area contributed by atoms with Crippen molar-refractivity contribution in [2.24, 2.45) is 0 Å². The van der Waals surface area contributed by atoms with Gasteiger partial charge in [-0.1, -0.05) is 30.3 Å². The molecule has 2 heterocycles. The van der Waals surface area contributed by atoms with E-state index in [0.717, 1.165) is 13.1 Å². The summed E-state index contributed by atoms with van der Waals surface area (Å²) >= 11 is 1.66. The van der Waals surface area contributed by atoms with Crippen molar-refractivity contribution in [3.8, 4) is 0 Å². The molecule has 33 heavy (non-hydrogen) atoms. The number of rotatable bonds is 8. The van der Waals surface area contributed by atoms with Gasteiger partial charge in [-0.3, -0.25) is 14.0 Å². The Morgan fingerprint density at radius 2 is 1.85 bits per heavy atom. The third-order valence-corrected chi connectivity index (χ3v) is 8.44. The predicted molar refractivity (Wildman–Crippen MR) is 130 cm³/mol. The van der Waals surface area contributed by atoms with Crippen LogP contribution in [0.2, 0.25) is 0 Å². The summed E-state index contributed by atoms with van der Waals surface area (Å²) in [5.74, 6) is -0.302. The summed E-state index contributed by atoms with van der Waals surface area (Å²) in [7, 11) is -2.29. The Labute approximate surface area is 198 Å². The van der Waals surface area contributed by atoms with Crippen LogP contribution in [0.15, 0.2) is 77.0 Å². The fourth-order valence-electron chi connectivity index (χ4n) is 3.80. The maximum atomic E-state index is 13.1. The fraction of sp³-hybridized carbons (Fsp3) is 0.292. The van der Waals surface area contributed by atoms with Gasteiger partial charge in [0.15, 0.2) is 0 Å². The van der Waals surface area contributed by atoms with E-state index in [-0.39, 0.29) is 16.8 Å². The normalized spacial score (nSPS) is 15.7. The van der Waals surface area contributed by atoms with Gasteiger partial charge in [0.2, 0.25) is 0 Å². The van der Waals surface area contributed by atoms with E-state index in [0.29, 0.717) is 31.0 Å². The fourth-order valence-corrected chi connectivity index (χ4v) is 5.91. The highest BCUT2D eigenvalue weighted by Gasteiger charge is 2.25. The highest BCUT2D eigenvalue weighted by atomic mass is 32.2. The molecule has 1 amide bonds. The molecular weight excluding hydrogens is 458 g/mol. The molecule has 2 aromatic carbocycles. The van der Waals surface area contributed by atoms with Crippen LogP contribution < -0.4 is 9.62 Å². The molecule has 1 fully saturated rings. The van der Waals surface area contributed by atoms with Gasteiger partial charge in [-0.25, -0.2) is 8.42 Å². The van der Waals surface area contributed by atoms with Crippen LogP contribution in [0.4, 0.5) is 5.69 Å². The second-order valence-corrected chi connectivity index (χ2v) is 10.7. The molecule has 4 rings (SSSR count). The van der Waals surface area contributed by atoms with Crippen molar-refractivity contribution in [3.63, 3.8) is 0 Å². The SMILES string of the molecule is CN(c1ccccc1)S(=O)(=O)c1cccc(C(=O)NC[C@H](c2cccs2)N2CCOCC2)c1. The van der Waals surface area contributed by atoms with Gasteiger partial charge in [0.1, 0.15) is 0 Å². The Balaban J connectivity index is 1.49. The largest absolute Gasteiger partial charge is 0.379 e. The summed E-state index contributed by atoms with van der Waals surface area (Å²) in [5, 5.41) is 5.03. The van der Waals surface area contributed by atoms with Gasteiger partial charge in [-0.05, 0) is 41.8 Å². The van der Waals surface area contributed by atoms with Crippen molar-refractivity contribution in [1.29, 1.82) is 0 Å². The van der Waals surface area contributed by atoms with Gasteiger partial charge in [-0.2, -0.15) is 0 Å². The number of amides is 1. The van der Waals surface area contributed by atoms with Crippen molar-refractivity contribution in [3.05, 3.63) is 82.6 Å². The van der Waals surface area contributed by atoms with Crippen LogP contribution in [0.3, 0.4) is 0 Å². The summed E-state index contributed by atoms with van der Waals surface area (Å²) in [6.45, 7) is 3.38. The maximum absolute atomic E-state index is 13.1. The number of hydrogen-bond acceptors (Lipinski definition) is 6. The van der Waals surface area contributed by atoms with Gasteiger partial charge < -0.3 is 10.1 Å². The Bertz CT molecular complexity index is 1160. The molecule has 0 aliphatic carbocycles. The summed E-state index contributed by atoms with van der Waals surface area (Å²) in [4.78, 5) is 16.5. The molecule has 0 spiro atoms. The molecule has 1 N–H and O–H groups in total. The lowest BCUT2D eigenvalue weighted by molar-refractivity contribution is 0.0169. The summed E-state index contributed by atoms with van der Waals surface area (Å²) < 4.78 is 32.9. The number of carbonyl (C=O) groups is 1. The van der Waals surface area contributed by atoms with E-state index >= 15 is 0 Å². The number of nitrogens with one attached hydrogen (secondary N) is 1. The molecule has 174 valence electrons. The molecule has 0 saturated carbocycles. The van der Waals surface area contributed by atoms with Crippen molar-refractivity contribution >= 4 is 33.0 Å². The minimum Gasteiger partial charge on any atom is -0.379 e. The minimum absolute atomic E-state index is 0.0500. The Morgan fingerprint density at radius 3 is 2.55 bits per heavy atom. The van der Waals surface area contributed by atoms with E-state index in [9.17, 15) is 13.2 Å². The van der Waals surface area contributed by atoms with E-state index in [4.69, 9.17) is 4.74 Å². The zero-order valence-electron chi connectivity index (χ0n) is 18.4. The van der Waals surface area contributed by atoms with Crippen molar-refractivity contribution < 1.29 is 17.9 Å². The summed E-state index contributed by atoms with van der Waals surface area (Å²) in [6, 6.07) is 19.1. The van der Waals surface area contributed by atoms with Gasteiger partial charge in [0.25, 0.3) is 15.9 Å². The molecule has 0 radical (unpaired) electrons. The van der Waals surface area contributed by atoms with Crippen LogP contribution in [0.25, 0.3) is 0 Å². The highest BCUT2D eigenvalue weighted by Crippen LogP contribution is 2.26. The number of para-hydroxylation sites is 1. The van der Waals surface area contributed by atoms with E-state index < -0.39 is 10.0 Å². The number of anilines is 1. The first-order chi connectivity index (χ1) is 16.0. The van der Waals surface area contributed by atoms with Crippen LogP contribution >= 0.6 is 11.3 Å². The number of sulfonamides is 1. The number of ether oxygens (including phenoxy) is 1. The van der Waals surface area contributed by atoms with Gasteiger partial charge in [0.05, 0.1) is 29.8 Å². The molecule has 1 aliphatic rings. The smallest absolute Gasteiger partial charge is 0.264 e. The predicted octanol–water partition coefficient (Wildman–Crippen LogP) is 3.38. The average molecular weight is 486 g/mol. The lowest BCUT2D eigenvalue weighted by atomic mass is 10.1. The minimum atomic E-state index is -3.80. The highest BCUT2D eigenvalue weighted by molar-refractivity contribution is 7.92. The number of morpholine rings is 1. The van der Waals surface area contributed by atoms with Crippen molar-refractivity contribution in [2.75, 3.05) is 44.2 Å². The molecule has 3 aromatic rings. The molecule has 0 unspecified atom stereocenters. The van der Waals surface area contributed by atoms with E-state index in [2.05, 4.69) is 16.3 Å². The average Bonchev–Trinajstić information content (AvgIpc) is 3.39. The van der Waals surface area contributed by atoms with Crippen molar-refractivity contribution in [2.45, 2.75) is 10.9 Å². The standard InChI is InChI=1S/C24H27N3O4S2/c1-26(20-8-3-2-4-9-20)33(29,30)21-10-5-7-19(17-21)24(28)25-18-22(23-11-6-16-32-23)27-12-14-31-15-13-27/h2-11,16-17,22H,12-15,18H2,1H3,(H,25,28)/t22-/m1/s1.